The summed E-state index contributed by atoms with van der Waals surface area (Å²) in [7, 11) is 0. The summed E-state index contributed by atoms with van der Waals surface area (Å²) < 4.78 is 0. The van der Waals surface area contributed by atoms with Crippen molar-refractivity contribution in [2.45, 2.75) is 116 Å². The molecule has 18 aromatic carbocycles. The fourth-order valence-corrected chi connectivity index (χ4v) is 23.9. The first-order valence-corrected chi connectivity index (χ1v) is 50.1. The molecule has 3 aromatic heterocycles. The number of fused-ring (bicyclic) bond motifs is 18. The van der Waals surface area contributed by atoms with E-state index >= 15 is 0 Å². The SMILES string of the molecule is CC1(C)c2cc(-c3nc(-c4ccccc4)nc(-c4ccccc4)n3)ccc2-c2ccc(-c3cccc4c3-c3ccccc3C4(C)C)cc21.CC1(C)c2cc(-c3nc(-c4ccccc4)nc(-c4ccccc4)n3)ccc2-c2ccc(-c3cccc4c3C(C)(C)c3ccccc3-4)cc21.CC1(C)c2ccccc2-c2cc(-c3ccc4c(c3)C(C)(C)c3cc(-c5nc(-c6ccccc6)nc(-c6ccccc6)n5)ccc3-4)ccc21. The van der Waals surface area contributed by atoms with Gasteiger partial charge in [0.05, 0.1) is 0 Å². The molecule has 0 N–H and O–H groups in total. The Morgan fingerprint density at radius 1 is 0.118 bits per heavy atom. The Labute approximate surface area is 842 Å². The van der Waals surface area contributed by atoms with Gasteiger partial charge in [-0.25, -0.2) is 44.9 Å². The number of rotatable bonds is 12. The summed E-state index contributed by atoms with van der Waals surface area (Å²) in [6, 6.07) is 150. The van der Waals surface area contributed by atoms with Crippen molar-refractivity contribution in [3.63, 3.8) is 0 Å². The monoisotopic (exact) mass is 1850 g/mol. The highest BCUT2D eigenvalue weighted by Gasteiger charge is 2.44. The maximum Gasteiger partial charge on any atom is 0.164 e. The molecular weight excluding hydrogens is 1750 g/mol. The summed E-state index contributed by atoms with van der Waals surface area (Å²) in [6.07, 6.45) is 0. The zero-order valence-corrected chi connectivity index (χ0v) is 82.9. The van der Waals surface area contributed by atoms with Gasteiger partial charge in [0, 0.05) is 82.6 Å². The van der Waals surface area contributed by atoms with Gasteiger partial charge in [-0.15, -0.1) is 0 Å². The smallest absolute Gasteiger partial charge is 0.164 e. The molecule has 6 aliphatic carbocycles. The largest absolute Gasteiger partial charge is 0.208 e. The van der Waals surface area contributed by atoms with Gasteiger partial charge < -0.3 is 0 Å². The van der Waals surface area contributed by atoms with Crippen LogP contribution in [-0.4, -0.2) is 44.9 Å². The van der Waals surface area contributed by atoms with Crippen LogP contribution < -0.4 is 0 Å². The van der Waals surface area contributed by atoms with Crippen LogP contribution in [0.1, 0.15) is 150 Å². The molecule has 0 amide bonds. The predicted molar refractivity (Wildman–Crippen MR) is 590 cm³/mol. The van der Waals surface area contributed by atoms with Crippen LogP contribution in [0.4, 0.5) is 0 Å². The highest BCUT2D eigenvalue weighted by molar-refractivity contribution is 5.97. The molecule has 0 atom stereocenters. The normalized spacial score (nSPS) is 14.6. The third-order valence-corrected chi connectivity index (χ3v) is 31.6. The number of benzene rings is 18. The number of hydrogen-bond acceptors (Lipinski definition) is 9. The molecule has 0 saturated carbocycles. The van der Waals surface area contributed by atoms with E-state index in [1.165, 1.54) is 167 Å². The van der Waals surface area contributed by atoms with Crippen LogP contribution in [-0.2, 0) is 32.5 Å². The molecule has 0 aliphatic heterocycles. The molecule has 6 aliphatic rings. The van der Waals surface area contributed by atoms with Crippen LogP contribution in [0.3, 0.4) is 0 Å². The van der Waals surface area contributed by atoms with Crippen molar-refractivity contribution in [2.75, 3.05) is 0 Å². The van der Waals surface area contributed by atoms with Gasteiger partial charge in [-0.2, -0.15) is 0 Å². The lowest BCUT2D eigenvalue weighted by Crippen LogP contribution is -2.17. The molecule has 9 nitrogen and oxygen atoms in total. The average molecular weight is 1850 g/mol. The Balaban J connectivity index is 0.000000113. The van der Waals surface area contributed by atoms with Gasteiger partial charge in [-0.1, -0.05) is 459 Å². The van der Waals surface area contributed by atoms with Crippen LogP contribution in [0, 0.1) is 0 Å². The second-order valence-corrected chi connectivity index (χ2v) is 42.3. The number of hydrogen-bond donors (Lipinski definition) is 0. The number of aromatic nitrogens is 9. The van der Waals surface area contributed by atoms with Crippen LogP contribution in [0.25, 0.3) is 203 Å². The fourth-order valence-electron chi connectivity index (χ4n) is 23.9. The topological polar surface area (TPSA) is 116 Å². The van der Waals surface area contributed by atoms with Gasteiger partial charge in [-0.3, -0.25) is 0 Å². The Morgan fingerprint density at radius 2 is 0.326 bits per heavy atom. The molecule has 27 rings (SSSR count). The van der Waals surface area contributed by atoms with Gasteiger partial charge in [0.1, 0.15) is 0 Å². The fraction of sp³-hybridized carbons (Fsp3) is 0.133. The third-order valence-electron chi connectivity index (χ3n) is 31.6. The zero-order valence-electron chi connectivity index (χ0n) is 82.9. The molecule has 21 aromatic rings. The van der Waals surface area contributed by atoms with Gasteiger partial charge in [0.15, 0.2) is 52.4 Å². The van der Waals surface area contributed by atoms with Crippen LogP contribution in [0.5, 0.6) is 0 Å². The Morgan fingerprint density at radius 3 is 0.694 bits per heavy atom. The van der Waals surface area contributed by atoms with E-state index in [2.05, 4.69) is 392 Å². The quantitative estimate of drug-likeness (QED) is 0.118. The standard InChI is InChI=1S/3C45H35N3/c1-44(2)38-26-30(32-19-13-20-36-33-18-11-12-21-37(33)45(3,4)40(32)36)22-24-34(38)35-25-23-31(27-39(35)44)43-47-41(28-14-7-5-8-15-28)46-42(48-43)29-16-9-6-10-17-29;1-44(2)36-20-12-11-18-35(36)40-32(19-13-21-37(40)44)30-22-24-33-34-25-23-31(27-39(34)45(3,4)38(33)26-30)43-47-41(28-14-7-5-8-15-28)46-42(48-43)29-16-9-6-10-17-29;1-44(2)37-18-12-11-17-33(37)36-25-30(21-24-38(36)44)31-19-22-34-35-23-20-32(27-40(35)45(3,4)39(34)26-31)43-47-41(28-13-7-5-8-14-28)46-42(48-43)29-15-9-6-10-16-29/h3*5-27H,1-4H3. The first-order chi connectivity index (χ1) is 69.9. The first-order valence-electron chi connectivity index (χ1n) is 50.1. The van der Waals surface area contributed by atoms with E-state index in [9.17, 15) is 0 Å². The molecule has 0 saturated heterocycles. The maximum absolute atomic E-state index is 5.02. The van der Waals surface area contributed by atoms with E-state index in [0.717, 1.165) is 50.1 Å². The lowest BCUT2D eigenvalue weighted by atomic mass is 9.77. The average Bonchev–Trinajstić information content (AvgIpc) is 1.56. The molecule has 3 heterocycles. The summed E-state index contributed by atoms with van der Waals surface area (Å²) in [6.45, 7) is 28.2. The summed E-state index contributed by atoms with van der Waals surface area (Å²) in [5.41, 5.74) is 47.9. The van der Waals surface area contributed by atoms with E-state index < -0.39 is 0 Å². The van der Waals surface area contributed by atoms with Gasteiger partial charge in [0.2, 0.25) is 0 Å². The van der Waals surface area contributed by atoms with E-state index in [4.69, 9.17) is 44.9 Å². The Kier molecular flexibility index (Phi) is 20.8. The van der Waals surface area contributed by atoms with E-state index in [1.807, 2.05) is 109 Å². The van der Waals surface area contributed by atoms with E-state index in [1.54, 1.807) is 0 Å². The van der Waals surface area contributed by atoms with Gasteiger partial charge in [0.25, 0.3) is 0 Å². The predicted octanol–water partition coefficient (Wildman–Crippen LogP) is 33.5. The summed E-state index contributed by atoms with van der Waals surface area (Å²) >= 11 is 0. The van der Waals surface area contributed by atoms with Gasteiger partial charge in [-0.05, 0) is 209 Å². The maximum atomic E-state index is 5.02. The molecule has 690 valence electrons. The van der Waals surface area contributed by atoms with Crippen molar-refractivity contribution >= 4 is 0 Å². The van der Waals surface area contributed by atoms with Crippen molar-refractivity contribution in [2.24, 2.45) is 0 Å². The van der Waals surface area contributed by atoms with Crippen molar-refractivity contribution in [3.8, 4) is 203 Å². The molecule has 0 bridgehead atoms. The zero-order chi connectivity index (χ0) is 97.9. The summed E-state index contributed by atoms with van der Waals surface area (Å²) in [4.78, 5) is 44.8. The minimum Gasteiger partial charge on any atom is -0.208 e. The van der Waals surface area contributed by atoms with Crippen molar-refractivity contribution in [1.82, 2.24) is 44.9 Å². The van der Waals surface area contributed by atoms with Gasteiger partial charge >= 0.3 is 0 Å². The first kappa shape index (κ1) is 88.4. The van der Waals surface area contributed by atoms with Crippen molar-refractivity contribution in [1.29, 1.82) is 0 Å². The Bertz CT molecular complexity index is 8600. The highest BCUT2D eigenvalue weighted by Crippen LogP contribution is 2.60. The minimum absolute atomic E-state index is 0.00594. The highest BCUT2D eigenvalue weighted by atomic mass is 15.1. The second-order valence-electron chi connectivity index (χ2n) is 42.3. The van der Waals surface area contributed by atoms with Crippen LogP contribution in [0.15, 0.2) is 419 Å². The second kappa shape index (κ2) is 33.9. The Hall–Kier alpha value is -17.0. The third kappa shape index (κ3) is 14.6. The number of nitrogens with zero attached hydrogens (tertiary/aromatic N) is 9. The molecule has 0 radical (unpaired) electrons. The molecule has 144 heavy (non-hydrogen) atoms. The molecule has 0 unspecified atom stereocenters. The summed E-state index contributed by atoms with van der Waals surface area (Å²) in [5.74, 6) is 6.08. The lowest BCUT2D eigenvalue weighted by Gasteiger charge is -2.26. The van der Waals surface area contributed by atoms with E-state index in [-0.39, 0.29) is 32.5 Å². The minimum atomic E-state index is -0.205. The molecule has 9 heteroatoms. The summed E-state index contributed by atoms with van der Waals surface area (Å²) in [5, 5.41) is 0. The van der Waals surface area contributed by atoms with Crippen LogP contribution >= 0.6 is 0 Å². The molecule has 0 fully saturated rings. The van der Waals surface area contributed by atoms with Crippen LogP contribution in [0.2, 0.25) is 0 Å². The lowest BCUT2D eigenvalue weighted by molar-refractivity contribution is 0.659. The van der Waals surface area contributed by atoms with Crippen molar-refractivity contribution in [3.05, 3.63) is 485 Å². The van der Waals surface area contributed by atoms with E-state index in [0.29, 0.717) is 52.4 Å². The van der Waals surface area contributed by atoms with Crippen molar-refractivity contribution < 1.29 is 0 Å². The molecular formula is C135H105N9. The molecule has 0 spiro atoms.